The highest BCUT2D eigenvalue weighted by Crippen LogP contribution is 2.50. The number of nitrogens with zero attached hydrogens (tertiary/aromatic N) is 3. The van der Waals surface area contributed by atoms with E-state index in [4.69, 9.17) is 0 Å². The van der Waals surface area contributed by atoms with E-state index in [0.717, 1.165) is 19.3 Å². The first-order valence-electron chi connectivity index (χ1n) is 18.1. The molecule has 0 amide bonds. The molecule has 6 aromatic carbocycles. The first-order chi connectivity index (χ1) is 24.8. The normalized spacial score (nSPS) is 19.7. The molecule has 0 aromatic heterocycles. The number of anilines is 7. The molecule has 0 spiro atoms. The van der Waals surface area contributed by atoms with Gasteiger partial charge in [0, 0.05) is 45.9 Å². The Kier molecular flexibility index (Phi) is 7.01. The number of aryl methyl sites for hydroxylation is 1. The quantitative estimate of drug-likeness (QED) is 0.137. The summed E-state index contributed by atoms with van der Waals surface area (Å²) in [6.07, 6.45) is 13.1. The molecule has 0 N–H and O–H groups in total. The summed E-state index contributed by atoms with van der Waals surface area (Å²) in [4.78, 5) is 7.75. The van der Waals surface area contributed by atoms with E-state index in [1.165, 1.54) is 61.9 Å². The van der Waals surface area contributed by atoms with E-state index in [0.29, 0.717) is 0 Å². The summed E-state index contributed by atoms with van der Waals surface area (Å²) in [5.74, 6) is 0.284. The van der Waals surface area contributed by atoms with Crippen LogP contribution in [-0.2, 0) is 6.42 Å². The van der Waals surface area contributed by atoms with Crippen LogP contribution < -0.4 is 25.6 Å². The molecule has 0 bridgehead atoms. The Morgan fingerprint density at radius 1 is 0.560 bits per heavy atom. The summed E-state index contributed by atoms with van der Waals surface area (Å²) in [6.45, 7) is 0.234. The maximum atomic E-state index is 2.68. The van der Waals surface area contributed by atoms with Crippen molar-refractivity contribution >= 4 is 63.5 Å². The maximum Gasteiger partial charge on any atom is 0.227 e. The maximum absolute atomic E-state index is 2.68. The van der Waals surface area contributed by atoms with E-state index in [1.807, 2.05) is 0 Å². The fraction of sp³-hybridized carbons (Fsp3) is 0.130. The van der Waals surface area contributed by atoms with Crippen LogP contribution in [0.1, 0.15) is 24.0 Å². The lowest BCUT2D eigenvalue weighted by Gasteiger charge is -2.53. The van der Waals surface area contributed by atoms with E-state index in [-0.39, 0.29) is 24.6 Å². The molecule has 4 aliphatic rings. The van der Waals surface area contributed by atoms with Gasteiger partial charge in [0.15, 0.2) is 0 Å². The van der Waals surface area contributed by atoms with Crippen molar-refractivity contribution in [2.75, 3.05) is 14.7 Å². The zero-order valence-electron chi connectivity index (χ0n) is 28.0. The van der Waals surface area contributed by atoms with Crippen LogP contribution in [0.4, 0.5) is 39.8 Å². The zero-order valence-corrected chi connectivity index (χ0v) is 28.0. The van der Waals surface area contributed by atoms with Gasteiger partial charge in [0.05, 0.1) is 6.04 Å². The Morgan fingerprint density at radius 2 is 1.18 bits per heavy atom. The lowest BCUT2D eigenvalue weighted by molar-refractivity contribution is 0.531. The van der Waals surface area contributed by atoms with Crippen LogP contribution in [0.25, 0.3) is 6.08 Å². The highest BCUT2D eigenvalue weighted by Gasteiger charge is 2.51. The first-order valence-corrected chi connectivity index (χ1v) is 18.1. The molecule has 10 rings (SSSR count). The van der Waals surface area contributed by atoms with E-state index >= 15 is 0 Å². The van der Waals surface area contributed by atoms with Gasteiger partial charge in [0.1, 0.15) is 0 Å². The third kappa shape index (κ3) is 4.59. The van der Waals surface area contributed by atoms with Crippen LogP contribution in [0, 0.1) is 0 Å². The molecular formula is C46H38BN3. The van der Waals surface area contributed by atoms with Crippen LogP contribution in [0.15, 0.2) is 170 Å². The lowest BCUT2D eigenvalue weighted by Crippen LogP contribution is -2.63. The molecule has 3 unspecified atom stereocenters. The number of fused-ring (bicyclic) bond motifs is 6. The van der Waals surface area contributed by atoms with Gasteiger partial charge in [0.2, 0.25) is 6.71 Å². The second-order valence-electron chi connectivity index (χ2n) is 14.0. The Hall–Kier alpha value is -5.74. The first kappa shape index (κ1) is 29.2. The Labute approximate surface area is 295 Å². The molecule has 6 aromatic rings. The fourth-order valence-corrected chi connectivity index (χ4v) is 9.30. The number of hydrogen-bond acceptors (Lipinski definition) is 3. The largest absolute Gasteiger partial charge is 0.339 e. The summed E-state index contributed by atoms with van der Waals surface area (Å²) >= 11 is 0. The van der Waals surface area contributed by atoms with Crippen molar-refractivity contribution in [3.05, 3.63) is 181 Å². The van der Waals surface area contributed by atoms with Gasteiger partial charge in [-0.2, -0.15) is 0 Å². The predicted molar refractivity (Wildman–Crippen MR) is 212 cm³/mol. The molecule has 50 heavy (non-hydrogen) atoms. The molecule has 2 heterocycles. The van der Waals surface area contributed by atoms with Gasteiger partial charge in [-0.1, -0.05) is 109 Å². The molecule has 3 nitrogen and oxygen atoms in total. The van der Waals surface area contributed by atoms with Gasteiger partial charge < -0.3 is 14.7 Å². The van der Waals surface area contributed by atoms with Gasteiger partial charge in [0.25, 0.3) is 0 Å². The molecule has 2 aliphatic heterocycles. The minimum atomic E-state index is 0.186. The van der Waals surface area contributed by atoms with E-state index in [9.17, 15) is 0 Å². The van der Waals surface area contributed by atoms with Gasteiger partial charge in [-0.05, 0) is 114 Å². The van der Waals surface area contributed by atoms with Crippen molar-refractivity contribution in [1.29, 1.82) is 0 Å². The predicted octanol–water partition coefficient (Wildman–Crippen LogP) is 10.1. The van der Waals surface area contributed by atoms with Crippen LogP contribution in [0.3, 0.4) is 0 Å². The summed E-state index contributed by atoms with van der Waals surface area (Å²) in [5, 5.41) is 0. The Balaban J connectivity index is 1.22. The fourth-order valence-electron chi connectivity index (χ4n) is 9.30. The van der Waals surface area contributed by atoms with E-state index in [2.05, 4.69) is 191 Å². The number of allylic oxidation sites excluding steroid dienone is 1. The molecule has 4 heteroatoms. The van der Waals surface area contributed by atoms with Gasteiger partial charge in [-0.25, -0.2) is 0 Å². The highest BCUT2D eigenvalue weighted by atomic mass is 15.2. The molecular weight excluding hydrogens is 605 g/mol. The summed E-state index contributed by atoms with van der Waals surface area (Å²) in [7, 11) is 0. The average molecular weight is 644 g/mol. The number of para-hydroxylation sites is 4. The van der Waals surface area contributed by atoms with Crippen molar-refractivity contribution in [2.45, 2.75) is 37.2 Å². The van der Waals surface area contributed by atoms with Crippen molar-refractivity contribution in [2.24, 2.45) is 0 Å². The summed E-state index contributed by atoms with van der Waals surface area (Å²) in [6, 6.07) is 56.2. The molecule has 0 radical (unpaired) electrons. The summed E-state index contributed by atoms with van der Waals surface area (Å²) in [5.41, 5.74) is 14.6. The van der Waals surface area contributed by atoms with Crippen LogP contribution in [0.5, 0.6) is 0 Å². The van der Waals surface area contributed by atoms with Crippen molar-refractivity contribution in [3.8, 4) is 0 Å². The van der Waals surface area contributed by atoms with Gasteiger partial charge in [-0.3, -0.25) is 0 Å². The molecule has 0 fully saturated rings. The molecule has 0 saturated carbocycles. The van der Waals surface area contributed by atoms with E-state index in [1.54, 1.807) is 0 Å². The topological polar surface area (TPSA) is 9.72 Å². The van der Waals surface area contributed by atoms with Crippen molar-refractivity contribution in [1.82, 2.24) is 0 Å². The zero-order chi connectivity index (χ0) is 33.0. The smallest absolute Gasteiger partial charge is 0.227 e. The molecule has 240 valence electrons. The molecule has 2 aliphatic carbocycles. The van der Waals surface area contributed by atoms with Gasteiger partial charge in [-0.15, -0.1) is 0 Å². The Bertz CT molecular complexity index is 2190. The lowest BCUT2D eigenvalue weighted by atomic mass is 9.28. The third-order valence-electron chi connectivity index (χ3n) is 11.3. The number of hydrogen-bond donors (Lipinski definition) is 0. The summed E-state index contributed by atoms with van der Waals surface area (Å²) < 4.78 is 0. The van der Waals surface area contributed by atoms with Crippen LogP contribution in [0.2, 0.25) is 5.82 Å². The van der Waals surface area contributed by atoms with Gasteiger partial charge >= 0.3 is 0 Å². The second kappa shape index (κ2) is 12.0. The standard InChI is InChI=1S/C46H38BN3/c1-5-17-34(18-6-1)48(35-19-7-2-8-20-35)38-29-30-40-44(32-38)50(37-23-11-4-12-24-37)42-27-15-26-41-46(42)47(40)45-39-25-14-13-16-33(39)28-31-43(45)49(41)36-21-9-3-10-22-36/h1-12,14-15,17-31,38,40,44H,13,16,32H2. The highest BCUT2D eigenvalue weighted by molar-refractivity contribution is 6.92. The van der Waals surface area contributed by atoms with E-state index < -0.39 is 0 Å². The van der Waals surface area contributed by atoms with Crippen molar-refractivity contribution in [3.63, 3.8) is 0 Å². The SMILES string of the molecule is C1=Cc2c(ccc3c2B2c4c(cccc4N(c4ccccc4)C4CC(N(c5ccccc5)c5ccccc5)C=CC24)N3c2ccccc2)CC1. The molecule has 0 saturated heterocycles. The monoisotopic (exact) mass is 643 g/mol. The minimum absolute atomic E-state index is 0.186. The average Bonchev–Trinajstić information content (AvgIpc) is 3.19. The van der Waals surface area contributed by atoms with Crippen LogP contribution in [-0.4, -0.2) is 18.8 Å². The van der Waals surface area contributed by atoms with Crippen LogP contribution >= 0.6 is 0 Å². The van der Waals surface area contributed by atoms with Crippen molar-refractivity contribution < 1.29 is 0 Å². The minimum Gasteiger partial charge on any atom is -0.339 e. The number of rotatable bonds is 5. The second-order valence-corrected chi connectivity index (χ2v) is 14.0. The Morgan fingerprint density at radius 3 is 1.88 bits per heavy atom. The molecule has 3 atom stereocenters. The third-order valence-corrected chi connectivity index (χ3v) is 11.3. The number of benzene rings is 6.